The number of hydrogen-bond acceptors (Lipinski definition) is 14. The summed E-state index contributed by atoms with van der Waals surface area (Å²) in [4.78, 5) is 102. The van der Waals surface area contributed by atoms with Gasteiger partial charge < -0.3 is 29.6 Å². The van der Waals surface area contributed by atoms with E-state index < -0.39 is 72.2 Å². The van der Waals surface area contributed by atoms with Gasteiger partial charge in [0.05, 0.1) is 86.0 Å². The predicted molar refractivity (Wildman–Crippen MR) is 225 cm³/mol. The summed E-state index contributed by atoms with van der Waals surface area (Å²) < 4.78 is 21.7. The molecule has 20 nitrogen and oxygen atoms in total. The van der Waals surface area contributed by atoms with Crippen molar-refractivity contribution in [3.05, 3.63) is 106 Å². The molecule has 64 heavy (non-hydrogen) atoms. The van der Waals surface area contributed by atoms with E-state index in [1.54, 1.807) is 62.4 Å². The Morgan fingerprint density at radius 1 is 0.562 bits per heavy atom. The van der Waals surface area contributed by atoms with Crippen molar-refractivity contribution in [1.29, 1.82) is 0 Å². The molecule has 0 fully saturated rings. The fourth-order valence-corrected chi connectivity index (χ4v) is 7.26. The molecule has 0 saturated heterocycles. The van der Waals surface area contributed by atoms with Gasteiger partial charge in [-0.05, 0) is 73.5 Å². The number of nitrogens with one attached hydrogen (secondary N) is 4. The number of ether oxygens (including phenoxy) is 4. The van der Waals surface area contributed by atoms with Crippen molar-refractivity contribution in [3.8, 4) is 23.0 Å². The van der Waals surface area contributed by atoms with Gasteiger partial charge >= 0.3 is 0 Å². The zero-order chi connectivity index (χ0) is 46.8. The Morgan fingerprint density at radius 3 is 1.25 bits per heavy atom. The number of benzene rings is 4. The molecule has 20 heteroatoms. The fourth-order valence-electron chi connectivity index (χ4n) is 7.26. The molecule has 0 saturated carbocycles. The van der Waals surface area contributed by atoms with E-state index in [0.717, 1.165) is 9.80 Å². The molecule has 0 spiro atoms. The van der Waals surface area contributed by atoms with E-state index in [1.165, 1.54) is 63.3 Å². The minimum absolute atomic E-state index is 0.0423. The number of carbonyl (C=O) groups excluding carboxylic acids is 8. The van der Waals surface area contributed by atoms with E-state index in [9.17, 15) is 38.4 Å². The summed E-state index contributed by atoms with van der Waals surface area (Å²) in [5.41, 5.74) is 4.62. The summed E-state index contributed by atoms with van der Waals surface area (Å²) in [5, 5.41) is 23.2. The van der Waals surface area contributed by atoms with Gasteiger partial charge in [0.2, 0.25) is 23.6 Å². The van der Waals surface area contributed by atoms with E-state index >= 15 is 0 Å². The molecule has 2 unspecified atom stereocenters. The standard InChI is InChI=1S/2C22H23N3O7/c2*1-4-32-18-10-13(8-9-17(18)31-3)16(11-19(27)24-30)25-21(28)14-6-5-7-15(23-12(2)26)20(14)22(25)29/h2*5-10,16,30H,4,11H2,1-3H3,(H,23,26)(H,24,27). The summed E-state index contributed by atoms with van der Waals surface area (Å²) >= 11 is 0. The van der Waals surface area contributed by atoms with E-state index in [1.807, 2.05) is 0 Å². The van der Waals surface area contributed by atoms with Crippen LogP contribution in [0.3, 0.4) is 0 Å². The van der Waals surface area contributed by atoms with Gasteiger partial charge in [-0.15, -0.1) is 0 Å². The molecule has 4 aromatic rings. The number of fused-ring (bicyclic) bond motifs is 2. The zero-order valence-corrected chi connectivity index (χ0v) is 35.6. The third-order valence-electron chi connectivity index (χ3n) is 9.89. The molecule has 6 N–H and O–H groups in total. The number of rotatable bonds is 16. The Balaban J connectivity index is 0.000000241. The Labute approximate surface area is 366 Å². The van der Waals surface area contributed by atoms with Crippen LogP contribution in [0.25, 0.3) is 0 Å². The summed E-state index contributed by atoms with van der Waals surface area (Å²) in [5.74, 6) is -3.33. The highest BCUT2D eigenvalue weighted by molar-refractivity contribution is 6.25. The number of carbonyl (C=O) groups is 8. The van der Waals surface area contributed by atoms with Gasteiger partial charge in [0.15, 0.2) is 23.0 Å². The van der Waals surface area contributed by atoms with Crippen LogP contribution >= 0.6 is 0 Å². The maximum absolute atomic E-state index is 13.3. The van der Waals surface area contributed by atoms with E-state index in [0.29, 0.717) is 47.3 Å². The van der Waals surface area contributed by atoms with Gasteiger partial charge in [0.25, 0.3) is 23.6 Å². The van der Waals surface area contributed by atoms with Crippen LogP contribution in [-0.2, 0) is 19.2 Å². The number of hydroxylamine groups is 2. The maximum atomic E-state index is 13.3. The highest BCUT2D eigenvalue weighted by Gasteiger charge is 2.44. The van der Waals surface area contributed by atoms with E-state index in [-0.39, 0.29) is 33.6 Å². The van der Waals surface area contributed by atoms with Crippen LogP contribution in [0, 0.1) is 0 Å². The largest absolute Gasteiger partial charge is 0.493 e. The molecule has 0 aliphatic carbocycles. The molecular formula is C44H46N6O14. The number of anilines is 2. The van der Waals surface area contributed by atoms with Crippen molar-refractivity contribution >= 4 is 58.6 Å². The third kappa shape index (κ3) is 9.93. The minimum Gasteiger partial charge on any atom is -0.493 e. The monoisotopic (exact) mass is 882 g/mol. The first kappa shape index (κ1) is 47.2. The summed E-state index contributed by atoms with van der Waals surface area (Å²) in [6, 6.07) is 16.6. The normalized spacial score (nSPS) is 13.4. The summed E-state index contributed by atoms with van der Waals surface area (Å²) in [7, 11) is 2.95. The van der Waals surface area contributed by atoms with E-state index in [4.69, 9.17) is 29.4 Å². The van der Waals surface area contributed by atoms with Crippen LogP contribution in [0.2, 0.25) is 0 Å². The lowest BCUT2D eigenvalue weighted by molar-refractivity contribution is -0.130. The molecule has 336 valence electrons. The van der Waals surface area contributed by atoms with Gasteiger partial charge in [-0.3, -0.25) is 58.6 Å². The second-order valence-corrected chi connectivity index (χ2v) is 14.0. The molecular weight excluding hydrogens is 837 g/mol. The van der Waals surface area contributed by atoms with E-state index in [2.05, 4.69) is 10.6 Å². The molecule has 0 bridgehead atoms. The number of hydrogen-bond donors (Lipinski definition) is 6. The van der Waals surface area contributed by atoms with Crippen molar-refractivity contribution in [2.24, 2.45) is 0 Å². The molecule has 2 atom stereocenters. The van der Waals surface area contributed by atoms with Gasteiger partial charge in [0, 0.05) is 13.8 Å². The average Bonchev–Trinajstić information content (AvgIpc) is 3.68. The first-order chi connectivity index (χ1) is 30.6. The Bertz CT molecular complexity index is 2340. The highest BCUT2D eigenvalue weighted by Crippen LogP contribution is 2.41. The molecule has 0 radical (unpaired) electrons. The van der Waals surface area contributed by atoms with Crippen LogP contribution in [-0.4, -0.2) is 94.9 Å². The molecule has 2 heterocycles. The Morgan fingerprint density at radius 2 is 0.938 bits per heavy atom. The predicted octanol–water partition coefficient (Wildman–Crippen LogP) is 4.57. The summed E-state index contributed by atoms with van der Waals surface area (Å²) in [6.45, 7) is 6.84. The third-order valence-corrected chi connectivity index (χ3v) is 9.89. The lowest BCUT2D eigenvalue weighted by atomic mass is 10.0. The number of nitrogens with zero attached hydrogens (tertiary/aromatic N) is 2. The van der Waals surface area contributed by atoms with Crippen molar-refractivity contribution in [1.82, 2.24) is 20.8 Å². The lowest BCUT2D eigenvalue weighted by Gasteiger charge is -2.26. The fraction of sp³-hybridized carbons (Fsp3) is 0.273. The first-order valence-corrected chi connectivity index (χ1v) is 19.7. The van der Waals surface area contributed by atoms with Gasteiger partial charge in [-0.2, -0.15) is 0 Å². The van der Waals surface area contributed by atoms with Crippen LogP contribution in [0.15, 0.2) is 72.8 Å². The van der Waals surface area contributed by atoms with Crippen LogP contribution < -0.4 is 40.5 Å². The van der Waals surface area contributed by atoms with Gasteiger partial charge in [0.1, 0.15) is 0 Å². The van der Waals surface area contributed by atoms with Crippen molar-refractivity contribution in [3.63, 3.8) is 0 Å². The number of methoxy groups -OCH3 is 2. The second kappa shape index (κ2) is 20.8. The maximum Gasteiger partial charge on any atom is 0.264 e. The number of imide groups is 2. The van der Waals surface area contributed by atoms with Crippen LogP contribution in [0.1, 0.15) is 105 Å². The average molecular weight is 883 g/mol. The zero-order valence-electron chi connectivity index (χ0n) is 35.6. The highest BCUT2D eigenvalue weighted by atomic mass is 16.5. The molecule has 4 aromatic carbocycles. The van der Waals surface area contributed by atoms with Crippen LogP contribution in [0.5, 0.6) is 23.0 Å². The second-order valence-electron chi connectivity index (χ2n) is 14.0. The first-order valence-electron chi connectivity index (χ1n) is 19.7. The molecule has 8 amide bonds. The Kier molecular flexibility index (Phi) is 15.4. The lowest BCUT2D eigenvalue weighted by Crippen LogP contribution is -2.37. The molecule has 6 rings (SSSR count). The molecule has 2 aliphatic heterocycles. The topological polar surface area (TPSA) is 269 Å². The van der Waals surface area contributed by atoms with Crippen LogP contribution in [0.4, 0.5) is 11.4 Å². The van der Waals surface area contributed by atoms with Gasteiger partial charge in [-0.25, -0.2) is 11.0 Å². The van der Waals surface area contributed by atoms with Gasteiger partial charge in [-0.1, -0.05) is 24.3 Å². The molecule has 0 aromatic heterocycles. The quantitative estimate of drug-likeness (QED) is 0.0512. The summed E-state index contributed by atoms with van der Waals surface area (Å²) in [6.07, 6.45) is -0.787. The van der Waals surface area contributed by atoms with Crippen molar-refractivity contribution < 1.29 is 67.7 Å². The van der Waals surface area contributed by atoms with Crippen molar-refractivity contribution in [2.45, 2.75) is 52.6 Å². The molecule has 2 aliphatic rings. The number of amides is 8. The smallest absolute Gasteiger partial charge is 0.264 e. The SMILES string of the molecule is CCOc1cc(C(CC(=O)NO)N2C(=O)c3cccc(NC(C)=O)c3C2=O)ccc1OC.CCOc1cc(C(CC(=O)NO)N2C(=O)c3cccc(NC(C)=O)c3C2=O)ccc1OC. The Hall–Kier alpha value is -7.84. The van der Waals surface area contributed by atoms with Crippen molar-refractivity contribution in [2.75, 3.05) is 38.1 Å². The minimum atomic E-state index is -1.05.